The van der Waals surface area contributed by atoms with E-state index in [1.807, 2.05) is 6.92 Å². The van der Waals surface area contributed by atoms with Gasteiger partial charge in [-0.05, 0) is 56.9 Å². The maximum Gasteiger partial charge on any atom is 0.416 e. The van der Waals surface area contributed by atoms with E-state index >= 15 is 0 Å². The minimum atomic E-state index is -5.03. The van der Waals surface area contributed by atoms with Crippen LogP contribution in [0.25, 0.3) is 11.1 Å². The lowest BCUT2D eigenvalue weighted by Gasteiger charge is -2.30. The Balaban J connectivity index is 1.66. The summed E-state index contributed by atoms with van der Waals surface area (Å²) in [5.41, 5.74) is -3.02. The summed E-state index contributed by atoms with van der Waals surface area (Å²) in [6, 6.07) is 0.401. The molecular weight excluding hydrogens is 622 g/mol. The van der Waals surface area contributed by atoms with Crippen LogP contribution < -0.4 is 4.90 Å². The number of carbonyl (C=O) groups excluding carboxylic acids is 1. The molecule has 3 heterocycles. The number of nitrogens with zero attached hydrogens (tertiary/aromatic N) is 6. The second kappa shape index (κ2) is 13.2. The predicted octanol–water partition coefficient (Wildman–Crippen LogP) is 6.41. The molecule has 0 unspecified atom stereocenters. The van der Waals surface area contributed by atoms with Crippen LogP contribution in [-0.4, -0.2) is 67.1 Å². The first-order chi connectivity index (χ1) is 21.4. The number of carboxylic acids is 1. The van der Waals surface area contributed by atoms with Crippen molar-refractivity contribution in [3.8, 4) is 11.1 Å². The Morgan fingerprint density at radius 1 is 1.00 bits per heavy atom. The van der Waals surface area contributed by atoms with Crippen molar-refractivity contribution in [2.24, 2.45) is 12.5 Å². The highest BCUT2D eigenvalue weighted by Gasteiger charge is 2.41. The van der Waals surface area contributed by atoms with Crippen molar-refractivity contribution >= 4 is 18.0 Å². The van der Waals surface area contributed by atoms with E-state index in [1.54, 1.807) is 24.1 Å². The molecule has 0 bridgehead atoms. The molecule has 4 rings (SSSR count). The second-order valence-electron chi connectivity index (χ2n) is 11.9. The van der Waals surface area contributed by atoms with Gasteiger partial charge in [0.2, 0.25) is 5.95 Å². The van der Waals surface area contributed by atoms with Gasteiger partial charge in [0.25, 0.3) is 0 Å². The van der Waals surface area contributed by atoms with E-state index in [0.717, 1.165) is 0 Å². The smallest absolute Gasteiger partial charge is 0.416 e. The monoisotopic (exact) mass is 656 g/mol. The number of anilines is 1. The van der Waals surface area contributed by atoms with Gasteiger partial charge >= 0.3 is 24.4 Å². The molecule has 2 aromatic heterocycles. The Labute approximate surface area is 261 Å². The first kappa shape index (κ1) is 34.5. The van der Waals surface area contributed by atoms with E-state index in [1.165, 1.54) is 36.0 Å². The van der Waals surface area contributed by atoms with Crippen molar-refractivity contribution in [3.63, 3.8) is 0 Å². The minimum absolute atomic E-state index is 0.0124. The molecule has 1 aliphatic heterocycles. The first-order valence-corrected chi connectivity index (χ1v) is 14.4. The van der Waals surface area contributed by atoms with Gasteiger partial charge in [0.15, 0.2) is 0 Å². The van der Waals surface area contributed by atoms with Gasteiger partial charge in [0, 0.05) is 55.9 Å². The number of hydrogen-bond acceptors (Lipinski definition) is 7. The first-order valence-electron chi connectivity index (χ1n) is 14.4. The number of halogens is 6. The highest BCUT2D eigenvalue weighted by atomic mass is 19.4. The average Bonchev–Trinajstić information content (AvgIpc) is 3.61. The Morgan fingerprint density at radius 3 is 2.11 bits per heavy atom. The molecule has 1 saturated heterocycles. The molecular formula is C30H34F6N6O4. The molecule has 1 N–H and O–H groups in total. The van der Waals surface area contributed by atoms with Gasteiger partial charge < -0.3 is 19.6 Å². The quantitative estimate of drug-likeness (QED) is 0.249. The summed E-state index contributed by atoms with van der Waals surface area (Å²) in [7, 11) is 1.72. The number of benzene rings is 1. The highest BCUT2D eigenvalue weighted by molar-refractivity contribution is 5.73. The summed E-state index contributed by atoms with van der Waals surface area (Å²) in [5.74, 6) is -1.01. The fourth-order valence-electron chi connectivity index (χ4n) is 5.17. The third-order valence-corrected chi connectivity index (χ3v) is 8.00. The van der Waals surface area contributed by atoms with Gasteiger partial charge in [-0.2, -0.15) is 31.4 Å². The summed E-state index contributed by atoms with van der Waals surface area (Å²) in [4.78, 5) is 36.2. The number of carboxylic acid groups (broad SMARTS) is 1. The second-order valence-corrected chi connectivity index (χ2v) is 11.9. The van der Waals surface area contributed by atoms with E-state index < -0.39 is 53.5 Å². The molecule has 46 heavy (non-hydrogen) atoms. The van der Waals surface area contributed by atoms with Crippen LogP contribution in [0.4, 0.5) is 37.1 Å². The molecule has 10 nitrogen and oxygen atoms in total. The molecule has 1 amide bonds. The zero-order valence-electron chi connectivity index (χ0n) is 25.6. The SMILES string of the molecule is CC[C@@H]1C[C@H](N(Cc2cc(C(F)(F)F)cc(C(F)(F)F)c2)c2ncc(-c3cnn(C)c3)cn2)CN1C(=O)OCCC(C)(C)C(=O)O. The molecule has 0 saturated carbocycles. The molecule has 0 aliphatic carbocycles. The summed E-state index contributed by atoms with van der Waals surface area (Å²) in [6.45, 7) is 4.25. The number of likely N-dealkylation sites (tertiary alicyclic amines) is 1. The number of hydrogen-bond donors (Lipinski definition) is 1. The zero-order chi connectivity index (χ0) is 34.0. The topological polar surface area (TPSA) is 114 Å². The van der Waals surface area contributed by atoms with Crippen LogP contribution >= 0.6 is 0 Å². The van der Waals surface area contributed by atoms with Gasteiger partial charge in [-0.25, -0.2) is 14.8 Å². The molecule has 0 radical (unpaired) electrons. The number of alkyl halides is 6. The molecule has 1 aromatic carbocycles. The summed E-state index contributed by atoms with van der Waals surface area (Å²) in [5, 5.41) is 13.4. The zero-order valence-corrected chi connectivity index (χ0v) is 25.6. The van der Waals surface area contributed by atoms with Crippen molar-refractivity contribution < 1.29 is 45.8 Å². The number of amides is 1. The van der Waals surface area contributed by atoms with Crippen LogP contribution in [0.3, 0.4) is 0 Å². The van der Waals surface area contributed by atoms with E-state index in [4.69, 9.17) is 4.74 Å². The number of aryl methyl sites for hydroxylation is 1. The normalized spacial score (nSPS) is 17.3. The Morgan fingerprint density at radius 2 is 1.61 bits per heavy atom. The molecule has 0 spiro atoms. The van der Waals surface area contributed by atoms with E-state index in [9.17, 15) is 41.0 Å². The standard InChI is InChI=1S/C30H34F6N6O4/c1-5-23-11-24(17-42(23)27(45)46-7-6-28(2,3)25(43)44)41(26-37-12-19(13-38-26)20-14-39-40(4)16-20)15-18-8-21(29(31,32)33)10-22(9-18)30(34,35)36/h8-10,12-14,16,23-24H,5-7,11,15,17H2,1-4H3,(H,43,44)/t23-,24+/m1/s1. The third kappa shape index (κ3) is 8.07. The van der Waals surface area contributed by atoms with Crippen LogP contribution in [-0.2, 0) is 35.5 Å². The summed E-state index contributed by atoms with van der Waals surface area (Å²) in [6.07, 6.45) is -3.68. The van der Waals surface area contributed by atoms with E-state index in [2.05, 4.69) is 15.1 Å². The van der Waals surface area contributed by atoms with Crippen LogP contribution in [0.1, 0.15) is 56.7 Å². The Hall–Kier alpha value is -4.37. The number of rotatable bonds is 10. The maximum absolute atomic E-state index is 13.7. The third-order valence-electron chi connectivity index (χ3n) is 8.00. The minimum Gasteiger partial charge on any atom is -0.481 e. The van der Waals surface area contributed by atoms with Crippen LogP contribution in [0.15, 0.2) is 43.0 Å². The highest BCUT2D eigenvalue weighted by Crippen LogP contribution is 2.37. The molecule has 250 valence electrons. The molecule has 2 atom stereocenters. The number of carbonyl (C=O) groups is 2. The largest absolute Gasteiger partial charge is 0.481 e. The summed E-state index contributed by atoms with van der Waals surface area (Å²) < 4.78 is 88.9. The number of ether oxygens (including phenoxy) is 1. The van der Waals surface area contributed by atoms with Gasteiger partial charge in [-0.1, -0.05) is 6.92 Å². The average molecular weight is 657 g/mol. The lowest BCUT2D eigenvalue weighted by Crippen LogP contribution is -2.40. The molecule has 3 aromatic rings. The van der Waals surface area contributed by atoms with Crippen molar-refractivity contribution in [2.45, 2.75) is 71.0 Å². The number of aliphatic carboxylic acids is 1. The Bertz CT molecular complexity index is 1510. The summed E-state index contributed by atoms with van der Waals surface area (Å²) >= 11 is 0. The van der Waals surface area contributed by atoms with Gasteiger partial charge in [-0.15, -0.1) is 0 Å². The molecule has 16 heteroatoms. The van der Waals surface area contributed by atoms with Crippen molar-refractivity contribution in [2.75, 3.05) is 18.1 Å². The predicted molar refractivity (Wildman–Crippen MR) is 153 cm³/mol. The molecule has 1 aliphatic rings. The van der Waals surface area contributed by atoms with Crippen molar-refractivity contribution in [1.82, 2.24) is 24.6 Å². The maximum atomic E-state index is 13.7. The number of aromatic nitrogens is 4. The van der Waals surface area contributed by atoms with Gasteiger partial charge in [0.05, 0.1) is 35.4 Å². The lowest BCUT2D eigenvalue weighted by molar-refractivity contribution is -0.148. The van der Waals surface area contributed by atoms with Crippen LogP contribution in [0, 0.1) is 5.41 Å². The fourth-order valence-corrected chi connectivity index (χ4v) is 5.17. The van der Waals surface area contributed by atoms with Crippen molar-refractivity contribution in [1.29, 1.82) is 0 Å². The van der Waals surface area contributed by atoms with Crippen molar-refractivity contribution in [3.05, 3.63) is 59.7 Å². The van der Waals surface area contributed by atoms with E-state index in [-0.39, 0.29) is 43.2 Å². The van der Waals surface area contributed by atoms with Gasteiger partial charge in [0.1, 0.15) is 0 Å². The Kier molecular flexibility index (Phi) is 9.87. The lowest BCUT2D eigenvalue weighted by atomic mass is 9.90. The fraction of sp³-hybridized carbons (Fsp3) is 0.500. The van der Waals surface area contributed by atoms with E-state index in [0.29, 0.717) is 36.1 Å². The van der Waals surface area contributed by atoms with Crippen LogP contribution in [0.2, 0.25) is 0 Å². The van der Waals surface area contributed by atoms with Gasteiger partial charge in [-0.3, -0.25) is 9.48 Å². The van der Waals surface area contributed by atoms with Crippen LogP contribution in [0.5, 0.6) is 0 Å². The molecule has 1 fully saturated rings.